The smallest absolute Gasteiger partial charge is 0.190 e. The van der Waals surface area contributed by atoms with Gasteiger partial charge in [-0.3, -0.25) is 0 Å². The zero-order chi connectivity index (χ0) is 31.3. The molecule has 5 fully saturated rings. The van der Waals surface area contributed by atoms with Gasteiger partial charge in [-0.2, -0.15) is 0 Å². The molecule has 0 aromatic heterocycles. The van der Waals surface area contributed by atoms with Gasteiger partial charge in [-0.25, -0.2) is 0 Å². The van der Waals surface area contributed by atoms with Crippen molar-refractivity contribution in [3.8, 4) is 0 Å². The number of rotatable bonds is 18. The van der Waals surface area contributed by atoms with E-state index in [1.54, 1.807) is 0 Å². The molecule has 0 aliphatic carbocycles. The maximum absolute atomic E-state index is 11.2. The maximum Gasteiger partial charge on any atom is 0.190 e. The Bertz CT molecular complexity index is 871. The average molecular weight is 631 g/mol. The molecule has 0 radical (unpaired) electrons. The highest BCUT2D eigenvalue weighted by atomic mass is 16.9. The Hall–Kier alpha value is -0.440. The third-order valence-corrected chi connectivity index (χ3v) is 9.15. The molecule has 0 aromatic carbocycles. The van der Waals surface area contributed by atoms with Gasteiger partial charge >= 0.3 is 0 Å². The Balaban J connectivity index is 1.07. The molecule has 11 atom stereocenters. The minimum absolute atomic E-state index is 0.0351. The highest BCUT2D eigenvalue weighted by Crippen LogP contribution is 2.43. The van der Waals surface area contributed by atoms with Gasteiger partial charge in [0.05, 0.1) is 13.2 Å². The van der Waals surface area contributed by atoms with Gasteiger partial charge in [0.2, 0.25) is 0 Å². The van der Waals surface area contributed by atoms with E-state index < -0.39 is 67.1 Å². The van der Waals surface area contributed by atoms with E-state index in [0.29, 0.717) is 13.0 Å². The van der Waals surface area contributed by atoms with Crippen LogP contribution in [0.25, 0.3) is 0 Å². The summed E-state index contributed by atoms with van der Waals surface area (Å²) < 4.78 is 61.0. The molecule has 0 saturated carbocycles. The standard InChI is InChI=1S/C33H58O11/c1-7-9-10-11-12-13-14-15-16-17-18-36-26-24(39-30-28(26)41-32(3,4)43-30)21(34)19-35-20-22-25-27(38-23(8-2)37-22)29-31(40-25)44-33(5,6)42-29/h21-31,34H,7-20H2,1-6H3/t21-,22-,23?,24-,25-,26+,27+,28-,29-,30-,31-/m1/s1. The SMILES string of the molecule is CCCCCCCCCCCCO[C@@H]1[C@H]2OC(C)(C)O[C@H]2O[C@@H]1[C@H](O)COC[C@H]1OC(CC)O[C@@H]2[C@H]3OC(C)(C)O[C@H]3O[C@@H]21. The predicted molar refractivity (Wildman–Crippen MR) is 160 cm³/mol. The lowest BCUT2D eigenvalue weighted by molar-refractivity contribution is -0.312. The first-order valence-corrected chi connectivity index (χ1v) is 17.3. The van der Waals surface area contributed by atoms with Crippen molar-refractivity contribution in [1.29, 1.82) is 0 Å². The monoisotopic (exact) mass is 630 g/mol. The molecule has 0 amide bonds. The quantitative estimate of drug-likeness (QED) is 0.208. The summed E-state index contributed by atoms with van der Waals surface area (Å²) in [5.41, 5.74) is 0. The van der Waals surface area contributed by atoms with Crippen molar-refractivity contribution in [1.82, 2.24) is 0 Å². The topological polar surface area (TPSA) is 113 Å². The van der Waals surface area contributed by atoms with Crippen LogP contribution in [-0.4, -0.2) is 104 Å². The molecule has 5 aliphatic heterocycles. The second-order valence-electron chi connectivity index (χ2n) is 13.9. The molecule has 0 spiro atoms. The third-order valence-electron chi connectivity index (χ3n) is 9.15. The van der Waals surface area contributed by atoms with Gasteiger partial charge in [-0.1, -0.05) is 71.6 Å². The summed E-state index contributed by atoms with van der Waals surface area (Å²) in [6.45, 7) is 12.6. The van der Waals surface area contributed by atoms with Crippen LogP contribution in [0.4, 0.5) is 0 Å². The highest BCUT2D eigenvalue weighted by molar-refractivity contribution is 5.00. The van der Waals surface area contributed by atoms with Crippen LogP contribution in [0.1, 0.15) is 112 Å². The van der Waals surface area contributed by atoms with E-state index >= 15 is 0 Å². The van der Waals surface area contributed by atoms with Crippen LogP contribution in [0.2, 0.25) is 0 Å². The highest BCUT2D eigenvalue weighted by Gasteiger charge is 2.60. The van der Waals surface area contributed by atoms with Gasteiger partial charge in [0.25, 0.3) is 0 Å². The van der Waals surface area contributed by atoms with Crippen molar-refractivity contribution < 1.29 is 52.5 Å². The van der Waals surface area contributed by atoms with E-state index in [4.69, 9.17) is 47.4 Å². The van der Waals surface area contributed by atoms with E-state index in [1.165, 1.54) is 51.4 Å². The normalized spacial score (nSPS) is 39.3. The van der Waals surface area contributed by atoms with Crippen LogP contribution in [0.5, 0.6) is 0 Å². The summed E-state index contributed by atoms with van der Waals surface area (Å²) in [6.07, 6.45) is 7.85. The molecule has 5 saturated heterocycles. The van der Waals surface area contributed by atoms with E-state index in [9.17, 15) is 5.11 Å². The Labute approximate surface area is 263 Å². The van der Waals surface area contributed by atoms with Crippen LogP contribution in [0.15, 0.2) is 0 Å². The molecular formula is C33H58O11. The summed E-state index contributed by atoms with van der Waals surface area (Å²) >= 11 is 0. The zero-order valence-electron chi connectivity index (χ0n) is 27.8. The van der Waals surface area contributed by atoms with Crippen molar-refractivity contribution in [2.45, 2.75) is 191 Å². The first-order valence-electron chi connectivity index (χ1n) is 17.3. The van der Waals surface area contributed by atoms with E-state index in [2.05, 4.69) is 6.92 Å². The minimum atomic E-state index is -0.942. The van der Waals surface area contributed by atoms with Crippen molar-refractivity contribution >= 4 is 0 Å². The summed E-state index contributed by atoms with van der Waals surface area (Å²) in [7, 11) is 0. The second kappa shape index (κ2) is 15.6. The third kappa shape index (κ3) is 8.72. The number of aliphatic hydroxyl groups is 1. The Morgan fingerprint density at radius 2 is 1.27 bits per heavy atom. The molecule has 1 unspecified atom stereocenters. The maximum atomic E-state index is 11.2. The van der Waals surface area contributed by atoms with Gasteiger partial charge in [0, 0.05) is 6.61 Å². The molecular weight excluding hydrogens is 572 g/mol. The molecule has 1 N–H and O–H groups in total. The fourth-order valence-corrected chi connectivity index (χ4v) is 6.98. The fraction of sp³-hybridized carbons (Fsp3) is 1.00. The van der Waals surface area contributed by atoms with Gasteiger partial charge < -0.3 is 52.5 Å². The van der Waals surface area contributed by atoms with Crippen molar-refractivity contribution in [3.05, 3.63) is 0 Å². The Kier molecular flexibility index (Phi) is 12.4. The molecule has 11 nitrogen and oxygen atoms in total. The van der Waals surface area contributed by atoms with Crippen molar-refractivity contribution in [2.24, 2.45) is 0 Å². The molecule has 5 heterocycles. The van der Waals surface area contributed by atoms with Gasteiger partial charge in [0.15, 0.2) is 30.4 Å². The minimum Gasteiger partial charge on any atom is -0.388 e. The molecule has 0 bridgehead atoms. The lowest BCUT2D eigenvalue weighted by atomic mass is 10.0. The number of fused-ring (bicyclic) bond motifs is 4. The lowest BCUT2D eigenvalue weighted by Gasteiger charge is -2.39. The van der Waals surface area contributed by atoms with Gasteiger partial charge in [0.1, 0.15) is 48.8 Å². The molecule has 5 aliphatic rings. The van der Waals surface area contributed by atoms with Crippen LogP contribution >= 0.6 is 0 Å². The van der Waals surface area contributed by atoms with Crippen LogP contribution < -0.4 is 0 Å². The average Bonchev–Trinajstić information content (AvgIpc) is 3.66. The van der Waals surface area contributed by atoms with E-state index in [0.717, 1.165) is 12.8 Å². The largest absolute Gasteiger partial charge is 0.388 e. The summed E-state index contributed by atoms with van der Waals surface area (Å²) in [4.78, 5) is 0. The lowest BCUT2D eigenvalue weighted by Crippen LogP contribution is -2.53. The number of hydrogen-bond donors (Lipinski definition) is 1. The first-order chi connectivity index (χ1) is 21.1. The Morgan fingerprint density at radius 1 is 0.659 bits per heavy atom. The summed E-state index contributed by atoms with van der Waals surface area (Å²) in [6, 6.07) is 0. The van der Waals surface area contributed by atoms with Crippen molar-refractivity contribution in [3.63, 3.8) is 0 Å². The predicted octanol–water partition coefficient (Wildman–Crippen LogP) is 4.94. The number of hydrogen-bond acceptors (Lipinski definition) is 11. The summed E-state index contributed by atoms with van der Waals surface area (Å²) in [5, 5.41) is 11.2. The molecule has 44 heavy (non-hydrogen) atoms. The molecule has 5 rings (SSSR count). The molecule has 11 heteroatoms. The summed E-state index contributed by atoms with van der Waals surface area (Å²) in [5.74, 6) is -1.50. The number of unbranched alkanes of at least 4 members (excludes halogenated alkanes) is 9. The van der Waals surface area contributed by atoms with Crippen LogP contribution in [0.3, 0.4) is 0 Å². The number of ether oxygens (including phenoxy) is 10. The second-order valence-corrected chi connectivity index (χ2v) is 13.9. The number of aliphatic hydroxyl groups excluding tert-OH is 1. The van der Waals surface area contributed by atoms with Crippen LogP contribution in [-0.2, 0) is 47.4 Å². The van der Waals surface area contributed by atoms with Gasteiger partial charge in [-0.05, 0) is 40.5 Å². The van der Waals surface area contributed by atoms with Crippen LogP contribution in [0, 0.1) is 0 Å². The van der Waals surface area contributed by atoms with Crippen molar-refractivity contribution in [2.75, 3.05) is 19.8 Å². The van der Waals surface area contributed by atoms with Gasteiger partial charge in [-0.15, -0.1) is 0 Å². The first kappa shape index (κ1) is 34.9. The molecule has 0 aromatic rings. The van der Waals surface area contributed by atoms with E-state index in [1.807, 2.05) is 34.6 Å². The zero-order valence-corrected chi connectivity index (χ0v) is 27.8. The fourth-order valence-electron chi connectivity index (χ4n) is 6.98. The Morgan fingerprint density at radius 3 is 1.93 bits per heavy atom. The van der Waals surface area contributed by atoms with E-state index in [-0.39, 0.29) is 25.4 Å². The molecule has 256 valence electrons.